The van der Waals surface area contributed by atoms with E-state index in [1.807, 2.05) is 41.5 Å². The average molecular weight is 482 g/mol. The molecule has 2 heterocycles. The fourth-order valence-corrected chi connectivity index (χ4v) is 5.37. The van der Waals surface area contributed by atoms with Gasteiger partial charge in [0, 0.05) is 11.8 Å². The highest BCUT2D eigenvalue weighted by molar-refractivity contribution is 8.01. The second-order valence-corrected chi connectivity index (χ2v) is 11.9. The smallest absolute Gasteiger partial charge is 0.258 e. The van der Waals surface area contributed by atoms with E-state index in [9.17, 15) is 9.59 Å². The van der Waals surface area contributed by atoms with Crippen LogP contribution in [0.1, 0.15) is 48.5 Å². The summed E-state index contributed by atoms with van der Waals surface area (Å²) in [6.45, 7) is 14.4. The van der Waals surface area contributed by atoms with E-state index in [0.717, 1.165) is 6.54 Å². The van der Waals surface area contributed by atoms with Crippen LogP contribution < -0.4 is 0 Å². The number of alkyl halides is 4. The summed E-state index contributed by atoms with van der Waals surface area (Å²) in [5.41, 5.74) is -0.627. The van der Waals surface area contributed by atoms with E-state index in [4.69, 9.17) is 51.1 Å². The Kier molecular flexibility index (Phi) is 8.94. The highest BCUT2D eigenvalue weighted by atomic mass is 35.5. The SMILES string of the molecule is CC1CN(C(=O)C(Cl)Cl)C(C)(C)S1.CC1OC(C)(C)N(C(=O)C(Cl)Cl)C1C. The van der Waals surface area contributed by atoms with Crippen LogP contribution in [0.25, 0.3) is 0 Å². The Morgan fingerprint density at radius 3 is 1.78 bits per heavy atom. The van der Waals surface area contributed by atoms with Gasteiger partial charge in [0.15, 0.2) is 9.67 Å². The van der Waals surface area contributed by atoms with E-state index in [0.29, 0.717) is 5.25 Å². The van der Waals surface area contributed by atoms with Crippen molar-refractivity contribution in [3.8, 4) is 0 Å². The van der Waals surface area contributed by atoms with Crippen molar-refractivity contribution in [1.29, 1.82) is 0 Å². The van der Waals surface area contributed by atoms with Gasteiger partial charge in [-0.1, -0.05) is 53.3 Å². The third-order valence-corrected chi connectivity index (χ3v) is 6.69. The number of nitrogens with zero attached hydrogens (tertiary/aromatic N) is 2. The van der Waals surface area contributed by atoms with Crippen molar-refractivity contribution in [2.24, 2.45) is 0 Å². The summed E-state index contributed by atoms with van der Waals surface area (Å²) >= 11 is 24.0. The Bertz CT molecular complexity index is 560. The molecule has 0 N–H and O–H groups in total. The molecular weight excluding hydrogens is 454 g/mol. The normalized spacial score (nSPS) is 29.1. The van der Waals surface area contributed by atoms with Crippen LogP contribution in [0, 0.1) is 0 Å². The molecule has 0 aromatic carbocycles. The number of thioether (sulfide) groups is 1. The monoisotopic (exact) mass is 480 g/mol. The summed E-state index contributed by atoms with van der Waals surface area (Å²) in [7, 11) is 0. The Morgan fingerprint density at radius 2 is 1.48 bits per heavy atom. The van der Waals surface area contributed by atoms with Crippen molar-refractivity contribution in [2.75, 3.05) is 6.54 Å². The Balaban J connectivity index is 0.000000271. The molecule has 0 saturated carbocycles. The lowest BCUT2D eigenvalue weighted by Gasteiger charge is -2.32. The first-order valence-electron chi connectivity index (χ1n) is 8.68. The molecule has 27 heavy (non-hydrogen) atoms. The van der Waals surface area contributed by atoms with Crippen LogP contribution in [-0.4, -0.2) is 65.8 Å². The van der Waals surface area contributed by atoms with E-state index >= 15 is 0 Å². The highest BCUT2D eigenvalue weighted by Gasteiger charge is 2.47. The molecule has 2 saturated heterocycles. The lowest BCUT2D eigenvalue weighted by molar-refractivity contribution is -0.145. The van der Waals surface area contributed by atoms with Gasteiger partial charge in [-0.05, 0) is 41.5 Å². The second-order valence-electron chi connectivity index (χ2n) is 7.64. The minimum Gasteiger partial charge on any atom is -0.351 e. The number of amides is 2. The Morgan fingerprint density at radius 1 is 1.00 bits per heavy atom. The number of carbonyl (C=O) groups is 2. The maximum Gasteiger partial charge on any atom is 0.258 e. The molecule has 0 aromatic heterocycles. The summed E-state index contributed by atoms with van der Waals surface area (Å²) < 4.78 is 5.63. The van der Waals surface area contributed by atoms with Crippen molar-refractivity contribution >= 4 is 70.0 Å². The van der Waals surface area contributed by atoms with Crippen LogP contribution in [0.3, 0.4) is 0 Å². The Hall–Kier alpha value is 0.410. The van der Waals surface area contributed by atoms with Gasteiger partial charge in [-0.25, -0.2) is 0 Å². The van der Waals surface area contributed by atoms with Crippen LogP contribution in [0.15, 0.2) is 0 Å². The number of ether oxygens (including phenoxy) is 1. The fraction of sp³-hybridized carbons (Fsp3) is 0.882. The predicted molar refractivity (Wildman–Crippen MR) is 115 cm³/mol. The molecule has 2 amide bonds. The molecule has 10 heteroatoms. The van der Waals surface area contributed by atoms with Gasteiger partial charge in [-0.15, -0.1) is 11.8 Å². The third-order valence-electron chi connectivity index (χ3n) is 4.60. The van der Waals surface area contributed by atoms with Crippen LogP contribution in [0.2, 0.25) is 0 Å². The number of halogens is 4. The number of hydrogen-bond acceptors (Lipinski definition) is 4. The van der Waals surface area contributed by atoms with Crippen molar-refractivity contribution in [2.45, 2.75) is 86.1 Å². The minimum absolute atomic E-state index is 0.000957. The average Bonchev–Trinajstić information content (AvgIpc) is 2.88. The van der Waals surface area contributed by atoms with Crippen molar-refractivity contribution in [3.05, 3.63) is 0 Å². The van der Waals surface area contributed by atoms with Crippen molar-refractivity contribution in [1.82, 2.24) is 9.80 Å². The van der Waals surface area contributed by atoms with Gasteiger partial charge in [-0.3, -0.25) is 9.59 Å². The van der Waals surface area contributed by atoms with Crippen LogP contribution in [0.4, 0.5) is 0 Å². The molecule has 158 valence electrons. The van der Waals surface area contributed by atoms with Gasteiger partial charge in [0.2, 0.25) is 0 Å². The van der Waals surface area contributed by atoms with Gasteiger partial charge in [0.05, 0.1) is 17.0 Å². The molecule has 5 nitrogen and oxygen atoms in total. The van der Waals surface area contributed by atoms with Gasteiger partial charge >= 0.3 is 0 Å². The lowest BCUT2D eigenvalue weighted by atomic mass is 10.2. The molecule has 0 aromatic rings. The van der Waals surface area contributed by atoms with Crippen molar-refractivity contribution in [3.63, 3.8) is 0 Å². The largest absolute Gasteiger partial charge is 0.351 e. The second kappa shape index (κ2) is 9.48. The molecule has 2 fully saturated rings. The van der Waals surface area contributed by atoms with Crippen LogP contribution in [-0.2, 0) is 14.3 Å². The zero-order valence-corrected chi connectivity index (χ0v) is 20.5. The minimum atomic E-state index is -1.02. The van der Waals surface area contributed by atoms with E-state index in [2.05, 4.69) is 6.92 Å². The van der Waals surface area contributed by atoms with Gasteiger partial charge < -0.3 is 14.5 Å². The molecule has 0 aliphatic carbocycles. The molecule has 2 aliphatic heterocycles. The Labute approximate surface area is 186 Å². The molecule has 2 aliphatic rings. The van der Waals surface area contributed by atoms with Crippen LogP contribution >= 0.6 is 58.2 Å². The lowest BCUT2D eigenvalue weighted by Crippen LogP contribution is -2.49. The van der Waals surface area contributed by atoms with E-state index in [-0.39, 0.29) is 28.8 Å². The van der Waals surface area contributed by atoms with E-state index < -0.39 is 15.4 Å². The molecule has 3 atom stereocenters. The molecule has 3 unspecified atom stereocenters. The van der Waals surface area contributed by atoms with Gasteiger partial charge in [0.1, 0.15) is 5.72 Å². The zero-order chi connectivity index (χ0) is 21.3. The van der Waals surface area contributed by atoms with Gasteiger partial charge in [0.25, 0.3) is 11.8 Å². The van der Waals surface area contributed by atoms with E-state index in [1.54, 1.807) is 21.6 Å². The summed E-state index contributed by atoms with van der Waals surface area (Å²) in [4.78, 5) is 24.5. The maximum atomic E-state index is 11.7. The highest BCUT2D eigenvalue weighted by Crippen LogP contribution is 2.40. The summed E-state index contributed by atoms with van der Waals surface area (Å²) in [5.74, 6) is -0.486. The molecular formula is C17H28Cl4N2O3S. The topological polar surface area (TPSA) is 49.9 Å². The first-order chi connectivity index (χ1) is 12.1. The standard InChI is InChI=1S/C9H15Cl2NO2.C8H13Cl2NOS/c1-5-6(2)14-9(3,4)12(5)8(13)7(10)11;1-5-4-11(7(12)6(9)10)8(2,3)13-5/h5-7H,1-4H3;5-6H,4H2,1-3H3. The zero-order valence-electron chi connectivity index (χ0n) is 16.6. The molecule has 2 rings (SSSR count). The first-order valence-corrected chi connectivity index (χ1v) is 11.3. The molecule has 0 spiro atoms. The van der Waals surface area contributed by atoms with Gasteiger partial charge in [-0.2, -0.15) is 0 Å². The number of hydrogen-bond donors (Lipinski definition) is 0. The molecule has 0 bridgehead atoms. The number of carbonyl (C=O) groups excluding carboxylic acids is 2. The third kappa shape index (κ3) is 6.19. The first kappa shape index (κ1) is 25.4. The number of rotatable bonds is 2. The summed E-state index contributed by atoms with van der Waals surface area (Å²) in [6, 6.07) is -0.00231. The summed E-state index contributed by atoms with van der Waals surface area (Å²) in [6.07, 6.45) is 0.000957. The molecule has 0 radical (unpaired) electrons. The van der Waals surface area contributed by atoms with Crippen LogP contribution in [0.5, 0.6) is 0 Å². The maximum absolute atomic E-state index is 11.7. The van der Waals surface area contributed by atoms with Crippen molar-refractivity contribution < 1.29 is 14.3 Å². The quantitative estimate of drug-likeness (QED) is 0.538. The summed E-state index contributed by atoms with van der Waals surface area (Å²) in [5, 5.41) is 0.450. The fourth-order valence-electron chi connectivity index (χ4n) is 3.43. The predicted octanol–water partition coefficient (Wildman–Crippen LogP) is 4.65. The van der Waals surface area contributed by atoms with E-state index in [1.165, 1.54) is 0 Å².